The van der Waals surface area contributed by atoms with Gasteiger partial charge in [0, 0.05) is 12.6 Å². The van der Waals surface area contributed by atoms with Crippen molar-refractivity contribution in [1.29, 1.82) is 5.26 Å². The fourth-order valence-corrected chi connectivity index (χ4v) is 2.30. The van der Waals surface area contributed by atoms with E-state index < -0.39 is 0 Å². The van der Waals surface area contributed by atoms with E-state index in [0.29, 0.717) is 17.4 Å². The molecule has 1 aliphatic rings. The Balaban J connectivity index is 2.51. The summed E-state index contributed by atoms with van der Waals surface area (Å²) in [7, 11) is 0. The van der Waals surface area contributed by atoms with Gasteiger partial charge in [0.1, 0.15) is 0 Å². The first-order chi connectivity index (χ1) is 7.97. The average Bonchev–Trinajstić information content (AvgIpc) is 2.50. The monoisotopic (exact) mass is 236 g/mol. The Hall–Kier alpha value is -0.550. The van der Waals surface area contributed by atoms with Gasteiger partial charge >= 0.3 is 0 Å². The Morgan fingerprint density at radius 1 is 1.24 bits per heavy atom. The maximum absolute atomic E-state index is 9.24. The molecule has 1 fully saturated rings. The minimum atomic E-state index is 0.223. The Morgan fingerprint density at radius 3 is 2.47 bits per heavy atom. The normalized spacial score (nSPS) is 26.6. The molecule has 0 heterocycles. The SMILES string of the molecule is CC(C)C(C)(C)CNC1CCCCCC1C#N. The van der Waals surface area contributed by atoms with Crippen LogP contribution in [0.1, 0.15) is 59.8 Å². The lowest BCUT2D eigenvalue weighted by Gasteiger charge is -2.32. The third kappa shape index (κ3) is 4.32. The van der Waals surface area contributed by atoms with Crippen molar-refractivity contribution < 1.29 is 0 Å². The number of nitriles is 1. The van der Waals surface area contributed by atoms with Crippen molar-refractivity contribution in [2.45, 2.75) is 65.8 Å². The molecule has 1 saturated carbocycles. The van der Waals surface area contributed by atoms with Gasteiger partial charge in [-0.1, -0.05) is 47.0 Å². The number of rotatable bonds is 4. The maximum Gasteiger partial charge on any atom is 0.0672 e. The molecule has 0 aliphatic heterocycles. The molecule has 17 heavy (non-hydrogen) atoms. The predicted molar refractivity (Wildman–Crippen MR) is 72.6 cm³/mol. The molecule has 0 bridgehead atoms. The fourth-order valence-electron chi connectivity index (χ4n) is 2.30. The van der Waals surface area contributed by atoms with E-state index in [-0.39, 0.29) is 5.92 Å². The van der Waals surface area contributed by atoms with Crippen LogP contribution in [0.15, 0.2) is 0 Å². The van der Waals surface area contributed by atoms with Crippen molar-refractivity contribution in [3.8, 4) is 6.07 Å². The molecule has 0 saturated heterocycles. The standard InChI is InChI=1S/C15H28N2/c1-12(2)15(3,4)11-17-14-9-7-5-6-8-13(14)10-16/h12-14,17H,5-9,11H2,1-4H3. The average molecular weight is 236 g/mol. The molecule has 0 amide bonds. The molecular weight excluding hydrogens is 208 g/mol. The molecular formula is C15H28N2. The molecule has 0 aromatic heterocycles. The molecule has 0 spiro atoms. The fraction of sp³-hybridized carbons (Fsp3) is 0.933. The van der Waals surface area contributed by atoms with E-state index in [2.05, 4.69) is 39.1 Å². The smallest absolute Gasteiger partial charge is 0.0672 e. The van der Waals surface area contributed by atoms with Crippen LogP contribution in [0.5, 0.6) is 0 Å². The highest BCUT2D eigenvalue weighted by molar-refractivity contribution is 4.94. The van der Waals surface area contributed by atoms with Crippen LogP contribution in [0.25, 0.3) is 0 Å². The van der Waals surface area contributed by atoms with Gasteiger partial charge in [0.2, 0.25) is 0 Å². The lowest BCUT2D eigenvalue weighted by Crippen LogP contribution is -2.42. The van der Waals surface area contributed by atoms with Crippen molar-refractivity contribution in [2.24, 2.45) is 17.3 Å². The Bertz CT molecular complexity index is 263. The van der Waals surface area contributed by atoms with Gasteiger partial charge in [-0.15, -0.1) is 0 Å². The summed E-state index contributed by atoms with van der Waals surface area (Å²) in [5.74, 6) is 0.891. The maximum atomic E-state index is 9.24. The number of hydrogen-bond donors (Lipinski definition) is 1. The Morgan fingerprint density at radius 2 is 1.88 bits per heavy atom. The van der Waals surface area contributed by atoms with Gasteiger partial charge in [-0.25, -0.2) is 0 Å². The highest BCUT2D eigenvalue weighted by Gasteiger charge is 2.27. The molecule has 0 radical (unpaired) electrons. The summed E-state index contributed by atoms with van der Waals surface area (Å²) in [6.07, 6.45) is 6.05. The Kier molecular flexibility index (Phi) is 5.46. The number of nitrogens with zero attached hydrogens (tertiary/aromatic N) is 1. The van der Waals surface area contributed by atoms with Crippen LogP contribution in [0.4, 0.5) is 0 Å². The number of nitrogens with one attached hydrogen (secondary N) is 1. The summed E-state index contributed by atoms with van der Waals surface area (Å²) in [5.41, 5.74) is 0.312. The molecule has 1 N–H and O–H groups in total. The van der Waals surface area contributed by atoms with Crippen LogP contribution < -0.4 is 5.32 Å². The zero-order valence-corrected chi connectivity index (χ0v) is 11.9. The molecule has 0 aromatic rings. The molecule has 0 aromatic carbocycles. The van der Waals surface area contributed by atoms with Crippen LogP contribution in [0.2, 0.25) is 0 Å². The van der Waals surface area contributed by atoms with Gasteiger partial charge in [-0.05, 0) is 24.2 Å². The Labute approximate surface area is 107 Å². The van der Waals surface area contributed by atoms with Crippen molar-refractivity contribution in [3.63, 3.8) is 0 Å². The van der Waals surface area contributed by atoms with E-state index in [1.54, 1.807) is 0 Å². The molecule has 2 unspecified atom stereocenters. The van der Waals surface area contributed by atoms with E-state index in [1.165, 1.54) is 25.7 Å². The highest BCUT2D eigenvalue weighted by Crippen LogP contribution is 2.27. The van der Waals surface area contributed by atoms with Crippen LogP contribution in [0, 0.1) is 28.6 Å². The molecule has 1 aliphatic carbocycles. The second kappa shape index (κ2) is 6.40. The zero-order valence-electron chi connectivity index (χ0n) is 11.9. The first-order valence-corrected chi connectivity index (χ1v) is 7.10. The molecule has 2 atom stereocenters. The zero-order chi connectivity index (χ0) is 12.9. The van der Waals surface area contributed by atoms with E-state index in [0.717, 1.165) is 13.0 Å². The summed E-state index contributed by atoms with van der Waals surface area (Å²) >= 11 is 0. The lowest BCUT2D eigenvalue weighted by molar-refractivity contribution is 0.217. The molecule has 1 rings (SSSR count). The lowest BCUT2D eigenvalue weighted by atomic mass is 9.80. The molecule has 98 valence electrons. The van der Waals surface area contributed by atoms with Crippen molar-refractivity contribution in [1.82, 2.24) is 5.32 Å². The first-order valence-electron chi connectivity index (χ1n) is 7.10. The molecule has 2 nitrogen and oxygen atoms in total. The summed E-state index contributed by atoms with van der Waals surface area (Å²) in [6, 6.07) is 2.91. The summed E-state index contributed by atoms with van der Waals surface area (Å²) in [6.45, 7) is 10.2. The van der Waals surface area contributed by atoms with E-state index in [9.17, 15) is 5.26 Å². The summed E-state index contributed by atoms with van der Waals surface area (Å²) in [5, 5.41) is 12.9. The van der Waals surface area contributed by atoms with Gasteiger partial charge in [-0.3, -0.25) is 0 Å². The topological polar surface area (TPSA) is 35.8 Å². The second-order valence-corrected chi connectivity index (χ2v) is 6.50. The van der Waals surface area contributed by atoms with Gasteiger partial charge < -0.3 is 5.32 Å². The second-order valence-electron chi connectivity index (χ2n) is 6.50. The minimum absolute atomic E-state index is 0.223. The largest absolute Gasteiger partial charge is 0.312 e. The van der Waals surface area contributed by atoms with Crippen molar-refractivity contribution in [3.05, 3.63) is 0 Å². The summed E-state index contributed by atoms with van der Waals surface area (Å²) in [4.78, 5) is 0. The van der Waals surface area contributed by atoms with Gasteiger partial charge in [-0.2, -0.15) is 5.26 Å². The third-order valence-electron chi connectivity index (χ3n) is 4.56. The first kappa shape index (κ1) is 14.5. The summed E-state index contributed by atoms with van der Waals surface area (Å²) < 4.78 is 0. The predicted octanol–water partition coefficient (Wildman–Crippen LogP) is 3.73. The van der Waals surface area contributed by atoms with E-state index in [4.69, 9.17) is 0 Å². The van der Waals surface area contributed by atoms with Crippen LogP contribution >= 0.6 is 0 Å². The number of hydrogen-bond acceptors (Lipinski definition) is 2. The minimum Gasteiger partial charge on any atom is -0.312 e. The molecule has 2 heteroatoms. The van der Waals surface area contributed by atoms with Gasteiger partial charge in [0.15, 0.2) is 0 Å². The van der Waals surface area contributed by atoms with Crippen molar-refractivity contribution >= 4 is 0 Å². The third-order valence-corrected chi connectivity index (χ3v) is 4.56. The van der Waals surface area contributed by atoms with Crippen LogP contribution in [-0.4, -0.2) is 12.6 Å². The quantitative estimate of drug-likeness (QED) is 0.755. The van der Waals surface area contributed by atoms with Crippen molar-refractivity contribution in [2.75, 3.05) is 6.54 Å². The van der Waals surface area contributed by atoms with Gasteiger partial charge in [0.05, 0.1) is 12.0 Å². The highest BCUT2D eigenvalue weighted by atomic mass is 14.9. The van der Waals surface area contributed by atoms with Gasteiger partial charge in [0.25, 0.3) is 0 Å². The van der Waals surface area contributed by atoms with Crippen LogP contribution in [-0.2, 0) is 0 Å². The van der Waals surface area contributed by atoms with E-state index in [1.807, 2.05) is 0 Å². The van der Waals surface area contributed by atoms with E-state index >= 15 is 0 Å². The van der Waals surface area contributed by atoms with Crippen LogP contribution in [0.3, 0.4) is 0 Å².